The smallest absolute Gasteiger partial charge is 0.294 e. The summed E-state index contributed by atoms with van der Waals surface area (Å²) < 4.78 is 69.8. The van der Waals surface area contributed by atoms with Gasteiger partial charge < -0.3 is 15.5 Å². The minimum atomic E-state index is -4.39. The molecule has 14 heteroatoms. The van der Waals surface area contributed by atoms with E-state index in [0.29, 0.717) is 51.9 Å². The zero-order valence-electron chi connectivity index (χ0n) is 32.0. The van der Waals surface area contributed by atoms with Gasteiger partial charge >= 0.3 is 0 Å². The van der Waals surface area contributed by atoms with Gasteiger partial charge in [-0.1, -0.05) is 50.6 Å². The van der Waals surface area contributed by atoms with Crippen LogP contribution in [0.4, 0.5) is 11.4 Å². The number of benzene rings is 2. The molecular weight excluding hydrogens is 741 g/mol. The Labute approximate surface area is 325 Å². The molecule has 12 nitrogen and oxygen atoms in total. The Hall–Kier alpha value is -4.37. The third-order valence-electron chi connectivity index (χ3n) is 10.6. The number of fused-ring (bicyclic) bond motifs is 5. The van der Waals surface area contributed by atoms with E-state index < -0.39 is 31.1 Å². The van der Waals surface area contributed by atoms with E-state index in [1.165, 1.54) is 24.3 Å². The summed E-state index contributed by atoms with van der Waals surface area (Å²) in [5, 5.41) is 5.76. The largest absolute Gasteiger partial charge is 0.354 e. The molecule has 296 valence electrons. The van der Waals surface area contributed by atoms with Crippen LogP contribution in [-0.4, -0.2) is 74.2 Å². The molecule has 55 heavy (non-hydrogen) atoms. The van der Waals surface area contributed by atoms with E-state index in [1.807, 2.05) is 70.2 Å². The predicted octanol–water partition coefficient (Wildman–Crippen LogP) is 6.27. The lowest BCUT2D eigenvalue weighted by Crippen LogP contribution is -2.34. The van der Waals surface area contributed by atoms with E-state index in [1.54, 1.807) is 12.1 Å². The van der Waals surface area contributed by atoms with E-state index in [2.05, 4.69) is 20.1 Å². The average molecular weight is 794 g/mol. The SMILES string of the molecule is CC1(C)C2=CC=CC=CC=CC3=[N+](CCCCCC(=O)NCCNC(=O)CCCCCN2c2ccc(S(=O)(=O)O)cc21)c1ccc(S(=O)(=O)O)cc1C3(C)C. The topological polar surface area (TPSA) is 173 Å². The Morgan fingerprint density at radius 2 is 1.24 bits per heavy atom. The number of rotatable bonds is 2. The van der Waals surface area contributed by atoms with Crippen LogP contribution in [0.2, 0.25) is 0 Å². The Morgan fingerprint density at radius 1 is 0.673 bits per heavy atom. The molecule has 0 radical (unpaired) electrons. The number of nitrogens with one attached hydrogen (secondary N) is 2. The second-order valence-electron chi connectivity index (χ2n) is 15.2. The molecule has 0 unspecified atom stereocenters. The highest BCUT2D eigenvalue weighted by molar-refractivity contribution is 7.86. The highest BCUT2D eigenvalue weighted by Crippen LogP contribution is 2.48. The lowest BCUT2D eigenvalue weighted by molar-refractivity contribution is -0.438. The molecule has 0 saturated heterocycles. The minimum Gasteiger partial charge on any atom is -0.354 e. The van der Waals surface area contributed by atoms with Crippen molar-refractivity contribution < 1.29 is 40.1 Å². The summed E-state index contributed by atoms with van der Waals surface area (Å²) >= 11 is 0. The van der Waals surface area contributed by atoms with E-state index in [-0.39, 0.29) is 21.6 Å². The van der Waals surface area contributed by atoms with Gasteiger partial charge in [-0.15, -0.1) is 0 Å². The van der Waals surface area contributed by atoms with Crippen LogP contribution in [0.3, 0.4) is 0 Å². The van der Waals surface area contributed by atoms with Crippen molar-refractivity contribution in [3.8, 4) is 0 Å². The highest BCUT2D eigenvalue weighted by atomic mass is 32.2. The quantitative estimate of drug-likeness (QED) is 0.202. The van der Waals surface area contributed by atoms with Crippen LogP contribution in [-0.2, 0) is 40.7 Å². The van der Waals surface area contributed by atoms with Crippen LogP contribution in [0.5, 0.6) is 0 Å². The van der Waals surface area contributed by atoms with Crippen LogP contribution in [0, 0.1) is 0 Å². The molecule has 3 aliphatic rings. The number of carbonyl (C=O) groups excluding carboxylic acids is 2. The van der Waals surface area contributed by atoms with Crippen LogP contribution in [0.15, 0.2) is 94.4 Å². The molecule has 2 aromatic rings. The Bertz CT molecular complexity index is 2180. The molecule has 0 bridgehead atoms. The first-order chi connectivity index (χ1) is 25.9. The molecule has 0 saturated carbocycles. The van der Waals surface area contributed by atoms with Crippen molar-refractivity contribution in [3.05, 3.63) is 95.8 Å². The summed E-state index contributed by atoms with van der Waals surface area (Å²) in [4.78, 5) is 26.8. The van der Waals surface area contributed by atoms with E-state index in [9.17, 15) is 35.5 Å². The van der Waals surface area contributed by atoms with Gasteiger partial charge in [-0.3, -0.25) is 18.7 Å². The Balaban J connectivity index is 1.44. The predicted molar refractivity (Wildman–Crippen MR) is 214 cm³/mol. The molecule has 3 heterocycles. The van der Waals surface area contributed by atoms with Crippen LogP contribution in [0.25, 0.3) is 0 Å². The van der Waals surface area contributed by atoms with Gasteiger partial charge in [0.15, 0.2) is 5.71 Å². The molecule has 0 spiro atoms. The van der Waals surface area contributed by atoms with Crippen LogP contribution < -0.4 is 15.5 Å². The molecule has 0 aliphatic carbocycles. The van der Waals surface area contributed by atoms with Crippen molar-refractivity contribution in [1.82, 2.24) is 10.6 Å². The Kier molecular flexibility index (Phi) is 13.1. The maximum absolute atomic E-state index is 12.5. The van der Waals surface area contributed by atoms with Crippen LogP contribution in [0.1, 0.15) is 90.2 Å². The minimum absolute atomic E-state index is 0.0673. The number of amides is 2. The van der Waals surface area contributed by atoms with Gasteiger partial charge in [0.2, 0.25) is 17.5 Å². The lowest BCUT2D eigenvalue weighted by Gasteiger charge is -2.27. The van der Waals surface area contributed by atoms with Gasteiger partial charge in [0.05, 0.1) is 15.2 Å². The molecule has 2 aromatic carbocycles. The molecule has 4 N–H and O–H groups in total. The maximum Gasteiger partial charge on any atom is 0.294 e. The van der Waals surface area contributed by atoms with Gasteiger partial charge in [-0.05, 0) is 81.5 Å². The zero-order valence-corrected chi connectivity index (χ0v) is 33.7. The van der Waals surface area contributed by atoms with E-state index >= 15 is 0 Å². The van der Waals surface area contributed by atoms with Gasteiger partial charge in [0.1, 0.15) is 6.54 Å². The summed E-state index contributed by atoms with van der Waals surface area (Å²) in [5.74, 6) is -0.135. The summed E-state index contributed by atoms with van der Waals surface area (Å²) in [6.45, 7) is 10.1. The first-order valence-corrected chi connectivity index (χ1v) is 21.7. The Morgan fingerprint density at radius 3 is 1.87 bits per heavy atom. The second-order valence-corrected chi connectivity index (χ2v) is 18.1. The molecule has 3 aliphatic heterocycles. The number of hydrogen-bond donors (Lipinski definition) is 4. The highest BCUT2D eigenvalue weighted by Gasteiger charge is 2.45. The first-order valence-electron chi connectivity index (χ1n) is 18.8. The molecule has 0 atom stereocenters. The van der Waals surface area contributed by atoms with Crippen molar-refractivity contribution in [1.29, 1.82) is 0 Å². The number of allylic oxidation sites excluding steroid dienone is 8. The van der Waals surface area contributed by atoms with Gasteiger partial charge in [0.25, 0.3) is 20.2 Å². The third-order valence-corrected chi connectivity index (χ3v) is 12.3. The zero-order chi connectivity index (χ0) is 40.0. The van der Waals surface area contributed by atoms with Crippen molar-refractivity contribution in [2.75, 3.05) is 31.1 Å². The number of carbonyl (C=O) groups is 2. The summed E-state index contributed by atoms with van der Waals surface area (Å²) in [7, 11) is -8.78. The maximum atomic E-state index is 12.5. The number of anilines is 1. The lowest BCUT2D eigenvalue weighted by atomic mass is 9.81. The molecule has 5 rings (SSSR count). The van der Waals surface area contributed by atoms with Gasteiger partial charge in [0, 0.05) is 73.4 Å². The molecule has 0 fully saturated rings. The van der Waals surface area contributed by atoms with E-state index in [0.717, 1.165) is 59.6 Å². The first kappa shape index (κ1) is 41.8. The fourth-order valence-corrected chi connectivity index (χ4v) is 8.66. The second kappa shape index (κ2) is 17.2. The normalized spacial score (nSPS) is 20.4. The van der Waals surface area contributed by atoms with E-state index in [4.69, 9.17) is 0 Å². The molecule has 0 aromatic heterocycles. The molecule has 2 amide bonds. The number of nitrogens with zero attached hydrogens (tertiary/aromatic N) is 2. The van der Waals surface area contributed by atoms with Crippen molar-refractivity contribution in [2.24, 2.45) is 0 Å². The standard InChI is InChI=1S/C41H52N4O8S2/c1-40(2)32-28-30(54(48,49)50)20-22-34(32)44-26-14-8-12-18-38(46)42-24-25-43-39(47)19-13-9-15-27-45-35-23-21-31(55(51,52)53)29-33(35)41(3,4)37(45)17-11-7-5-6-10-16-36(40)44/h5-7,10-11,16-17,20-23,28-29H,8-9,12-15,18-19,24-27H2,1-4H3,(H3-,42,43,46,47,48,49,50,51,52,53)/p+1. The van der Waals surface area contributed by atoms with Crippen molar-refractivity contribution in [2.45, 2.75) is 99.7 Å². The summed E-state index contributed by atoms with van der Waals surface area (Å²) in [6.07, 6.45) is 19.0. The fourth-order valence-electron chi connectivity index (χ4n) is 7.64. The average Bonchev–Trinajstić information content (AvgIpc) is 3.45. The monoisotopic (exact) mass is 793 g/mol. The van der Waals surface area contributed by atoms with Crippen LogP contribution >= 0.6 is 0 Å². The van der Waals surface area contributed by atoms with Gasteiger partial charge in [-0.2, -0.15) is 21.4 Å². The van der Waals surface area contributed by atoms with Crippen molar-refractivity contribution in [3.63, 3.8) is 0 Å². The van der Waals surface area contributed by atoms with Crippen molar-refractivity contribution >= 4 is 49.1 Å². The number of hydrogen-bond acceptors (Lipinski definition) is 7. The van der Waals surface area contributed by atoms with Gasteiger partial charge in [-0.25, -0.2) is 0 Å². The summed E-state index contributed by atoms with van der Waals surface area (Å²) in [5.41, 5.74) is 4.10. The third kappa shape index (κ3) is 9.90. The summed E-state index contributed by atoms with van der Waals surface area (Å²) in [6, 6.07) is 9.37. The fraction of sp³-hybridized carbons (Fsp3) is 0.439. The molecular formula is C41H53N4O8S2+.